The van der Waals surface area contributed by atoms with Crippen LogP contribution in [0, 0.1) is 17.5 Å². The molecular weight excluding hydrogens is 477 g/mol. The van der Waals surface area contributed by atoms with E-state index in [4.69, 9.17) is 19.9 Å². The predicted octanol–water partition coefficient (Wildman–Crippen LogP) is 5.26. The molecule has 0 aliphatic carbocycles. The van der Waals surface area contributed by atoms with Crippen molar-refractivity contribution in [2.75, 3.05) is 25.6 Å². The Morgan fingerprint density at radius 2 is 1.83 bits per heavy atom. The summed E-state index contributed by atoms with van der Waals surface area (Å²) in [6, 6.07) is 3.27. The summed E-state index contributed by atoms with van der Waals surface area (Å²) in [5.41, 5.74) is 9.33. The van der Waals surface area contributed by atoms with E-state index in [0.29, 0.717) is 37.4 Å². The largest absolute Gasteiger partial charge is 0.382 e. The SMILES string of the molecule is CCCCOC[C@@]1(C#C[Si](CC)(CC)CC)O[C@@H](n2cnc3c(N)nc(F)nc32)C[C@@H]1OCCCC. The molecule has 1 aliphatic rings. The summed E-state index contributed by atoms with van der Waals surface area (Å²) in [6.45, 7) is 12.6. The van der Waals surface area contributed by atoms with Gasteiger partial charge in [-0.2, -0.15) is 14.4 Å². The number of ether oxygens (including phenoxy) is 3. The van der Waals surface area contributed by atoms with Crippen LogP contribution in [0.25, 0.3) is 11.2 Å². The molecule has 3 atom stereocenters. The molecule has 200 valence electrons. The first-order valence-corrected chi connectivity index (χ1v) is 16.1. The fraction of sp³-hybridized carbons (Fsp3) is 0.731. The predicted molar refractivity (Wildman–Crippen MR) is 143 cm³/mol. The van der Waals surface area contributed by atoms with E-state index < -0.39 is 26.0 Å². The van der Waals surface area contributed by atoms with Gasteiger partial charge < -0.3 is 19.9 Å². The van der Waals surface area contributed by atoms with Gasteiger partial charge in [0, 0.05) is 19.6 Å². The number of unbranched alkanes of at least 4 members (excludes halogenated alkanes) is 2. The molecule has 3 rings (SSSR count). The Hall–Kier alpha value is -2.06. The maximum Gasteiger partial charge on any atom is 0.312 e. The van der Waals surface area contributed by atoms with Crippen molar-refractivity contribution in [3.05, 3.63) is 12.4 Å². The first-order valence-electron chi connectivity index (χ1n) is 13.4. The molecule has 2 aromatic rings. The number of anilines is 1. The number of fused-ring (bicyclic) bond motifs is 1. The molecule has 2 N–H and O–H groups in total. The summed E-state index contributed by atoms with van der Waals surface area (Å²) in [6.07, 6.45) is 4.39. The molecule has 10 heteroatoms. The summed E-state index contributed by atoms with van der Waals surface area (Å²) in [5, 5.41) is 0. The molecule has 1 saturated heterocycles. The number of rotatable bonds is 13. The molecule has 0 unspecified atom stereocenters. The summed E-state index contributed by atoms with van der Waals surface area (Å²) in [5.74, 6) is 3.58. The zero-order valence-corrected chi connectivity index (χ0v) is 23.5. The van der Waals surface area contributed by atoms with Gasteiger partial charge in [0.2, 0.25) is 0 Å². The molecule has 0 saturated carbocycles. The highest BCUT2D eigenvalue weighted by Gasteiger charge is 2.50. The summed E-state index contributed by atoms with van der Waals surface area (Å²) in [7, 11) is -1.76. The quantitative estimate of drug-likeness (QED) is 0.167. The molecule has 8 nitrogen and oxygen atoms in total. The monoisotopic (exact) mass is 519 g/mol. The Balaban J connectivity index is 2.04. The Bertz CT molecular complexity index is 1040. The van der Waals surface area contributed by atoms with Crippen molar-refractivity contribution in [3.63, 3.8) is 0 Å². The molecule has 0 bridgehead atoms. The Morgan fingerprint density at radius 3 is 2.50 bits per heavy atom. The van der Waals surface area contributed by atoms with E-state index >= 15 is 0 Å². The lowest BCUT2D eigenvalue weighted by atomic mass is 9.98. The van der Waals surface area contributed by atoms with E-state index in [0.717, 1.165) is 43.8 Å². The minimum atomic E-state index is -1.76. The van der Waals surface area contributed by atoms with Crippen molar-refractivity contribution in [1.82, 2.24) is 19.5 Å². The van der Waals surface area contributed by atoms with E-state index in [1.54, 1.807) is 10.9 Å². The van der Waals surface area contributed by atoms with Gasteiger partial charge in [-0.15, -0.1) is 5.54 Å². The van der Waals surface area contributed by atoms with Crippen LogP contribution in [0.2, 0.25) is 18.1 Å². The smallest absolute Gasteiger partial charge is 0.312 e. The summed E-state index contributed by atoms with van der Waals surface area (Å²) >= 11 is 0. The van der Waals surface area contributed by atoms with Gasteiger partial charge in [-0.3, -0.25) is 4.57 Å². The Morgan fingerprint density at radius 1 is 1.14 bits per heavy atom. The standard InChI is InChI=1S/C26H42FN5O3Si/c1-6-11-14-33-18-26(13-16-36(8-3,9-4)10-5)20(34-15-12-7-2)17-21(35-26)32-19-29-22-23(28)30-25(27)31-24(22)32/h19-21H,6-12,14-15,17-18H2,1-5H3,(H2,28,30,31)/t20-,21+,26+/m0/s1. The molecule has 2 aromatic heterocycles. The lowest BCUT2D eigenvalue weighted by Crippen LogP contribution is -2.45. The minimum Gasteiger partial charge on any atom is -0.382 e. The van der Waals surface area contributed by atoms with Crippen molar-refractivity contribution in [1.29, 1.82) is 0 Å². The van der Waals surface area contributed by atoms with E-state index in [1.165, 1.54) is 0 Å². The van der Waals surface area contributed by atoms with E-state index in [-0.39, 0.29) is 11.9 Å². The molecule has 1 aliphatic heterocycles. The number of nitrogens with zero attached hydrogens (tertiary/aromatic N) is 4. The number of halogens is 1. The third-order valence-corrected chi connectivity index (χ3v) is 12.1. The summed E-state index contributed by atoms with van der Waals surface area (Å²) in [4.78, 5) is 11.9. The lowest BCUT2D eigenvalue weighted by Gasteiger charge is -2.30. The Labute approximate surface area is 215 Å². The fourth-order valence-corrected chi connectivity index (χ4v) is 7.11. The van der Waals surface area contributed by atoms with E-state index in [1.807, 2.05) is 0 Å². The van der Waals surface area contributed by atoms with Crippen LogP contribution >= 0.6 is 0 Å². The van der Waals surface area contributed by atoms with Crippen LogP contribution in [0.15, 0.2) is 6.33 Å². The maximum absolute atomic E-state index is 14.0. The van der Waals surface area contributed by atoms with Gasteiger partial charge in [-0.25, -0.2) is 4.98 Å². The highest BCUT2D eigenvalue weighted by atomic mass is 28.3. The normalized spacial score (nSPS) is 22.2. The Kier molecular flexibility index (Phi) is 10.3. The first-order chi connectivity index (χ1) is 17.4. The van der Waals surface area contributed by atoms with Crippen LogP contribution in [0.3, 0.4) is 0 Å². The van der Waals surface area contributed by atoms with Gasteiger partial charge >= 0.3 is 6.08 Å². The second-order valence-electron chi connectivity index (χ2n) is 9.61. The van der Waals surface area contributed by atoms with Crippen LogP contribution in [0.1, 0.15) is 73.0 Å². The van der Waals surface area contributed by atoms with Gasteiger partial charge in [0.1, 0.15) is 20.4 Å². The zero-order valence-electron chi connectivity index (χ0n) is 22.5. The van der Waals surface area contributed by atoms with Crippen molar-refractivity contribution in [3.8, 4) is 11.5 Å². The van der Waals surface area contributed by atoms with Gasteiger partial charge in [0.05, 0.1) is 12.9 Å². The number of nitrogen functional groups attached to an aromatic ring is 1. The average Bonchev–Trinajstić information content (AvgIpc) is 3.45. The molecule has 0 spiro atoms. The van der Waals surface area contributed by atoms with Crippen LogP contribution in [-0.4, -0.2) is 59.1 Å². The van der Waals surface area contributed by atoms with Crippen molar-refractivity contribution in [2.45, 2.75) is 103 Å². The third kappa shape index (κ3) is 6.25. The number of hydrogen-bond donors (Lipinski definition) is 1. The van der Waals surface area contributed by atoms with Crippen LogP contribution < -0.4 is 5.73 Å². The van der Waals surface area contributed by atoms with Crippen molar-refractivity contribution in [2.24, 2.45) is 0 Å². The van der Waals surface area contributed by atoms with Crippen LogP contribution in [0.5, 0.6) is 0 Å². The number of hydrogen-bond acceptors (Lipinski definition) is 7. The second kappa shape index (κ2) is 12.9. The lowest BCUT2D eigenvalue weighted by molar-refractivity contribution is -0.118. The topological polar surface area (TPSA) is 97.3 Å². The van der Waals surface area contributed by atoms with Crippen molar-refractivity contribution >= 4 is 25.1 Å². The highest BCUT2D eigenvalue weighted by molar-refractivity contribution is 6.87. The van der Waals surface area contributed by atoms with E-state index in [2.05, 4.69) is 61.0 Å². The molecule has 36 heavy (non-hydrogen) atoms. The first kappa shape index (κ1) is 28.5. The van der Waals surface area contributed by atoms with Crippen molar-refractivity contribution < 1.29 is 18.6 Å². The molecule has 0 amide bonds. The van der Waals surface area contributed by atoms with Crippen LogP contribution in [0.4, 0.5) is 10.2 Å². The molecule has 0 aromatic carbocycles. The van der Waals surface area contributed by atoms with Gasteiger partial charge in [0.15, 0.2) is 22.6 Å². The van der Waals surface area contributed by atoms with Gasteiger partial charge in [-0.05, 0) is 31.0 Å². The van der Waals surface area contributed by atoms with Crippen LogP contribution in [-0.2, 0) is 14.2 Å². The molecular formula is C26H42FN5O3Si. The second-order valence-corrected chi connectivity index (χ2v) is 14.5. The van der Waals surface area contributed by atoms with Gasteiger partial charge in [-0.1, -0.05) is 53.4 Å². The minimum absolute atomic E-state index is 0.00330. The molecule has 3 heterocycles. The number of imidazole rings is 1. The average molecular weight is 520 g/mol. The molecule has 0 radical (unpaired) electrons. The van der Waals surface area contributed by atoms with Gasteiger partial charge in [0.25, 0.3) is 0 Å². The zero-order chi connectivity index (χ0) is 26.2. The highest BCUT2D eigenvalue weighted by Crippen LogP contribution is 2.40. The molecule has 1 fully saturated rings. The third-order valence-electron chi connectivity index (χ3n) is 7.36. The number of nitrogens with two attached hydrogens (primary N) is 1. The maximum atomic E-state index is 14.0. The fourth-order valence-electron chi connectivity index (χ4n) is 4.60. The summed E-state index contributed by atoms with van der Waals surface area (Å²) < 4.78 is 35.0. The number of aromatic nitrogens is 4. The van der Waals surface area contributed by atoms with E-state index in [9.17, 15) is 4.39 Å².